The molecule has 1 fully saturated rings. The molecule has 29 heavy (non-hydrogen) atoms. The Labute approximate surface area is 178 Å². The predicted molar refractivity (Wildman–Crippen MR) is 119 cm³/mol. The number of carbonyl (C=O) groups is 1. The SMILES string of the molecule is CC(C)[C@@H](Nc1ccccc1)C(=O)N1CCC(O)(c2ccc(Cl)cc2)C(C)(C)C1. The van der Waals surface area contributed by atoms with Crippen molar-refractivity contribution in [2.45, 2.75) is 45.8 Å². The van der Waals surface area contributed by atoms with Gasteiger partial charge in [0, 0.05) is 29.2 Å². The zero-order chi connectivity index (χ0) is 21.2. The lowest BCUT2D eigenvalue weighted by Gasteiger charge is -2.51. The van der Waals surface area contributed by atoms with Gasteiger partial charge in [0.05, 0.1) is 5.60 Å². The highest BCUT2D eigenvalue weighted by atomic mass is 35.5. The van der Waals surface area contributed by atoms with Gasteiger partial charge in [-0.3, -0.25) is 4.79 Å². The van der Waals surface area contributed by atoms with Crippen LogP contribution in [0.5, 0.6) is 0 Å². The van der Waals surface area contributed by atoms with Crippen molar-refractivity contribution >= 4 is 23.2 Å². The molecule has 2 aromatic carbocycles. The number of rotatable bonds is 5. The molecule has 5 heteroatoms. The first-order valence-corrected chi connectivity index (χ1v) is 10.6. The summed E-state index contributed by atoms with van der Waals surface area (Å²) >= 11 is 6.02. The van der Waals surface area contributed by atoms with Crippen LogP contribution in [0.3, 0.4) is 0 Å². The third-order valence-electron chi connectivity index (χ3n) is 6.11. The molecule has 2 N–H and O–H groups in total. The van der Waals surface area contributed by atoms with Crippen LogP contribution in [0.25, 0.3) is 0 Å². The minimum atomic E-state index is -1.01. The molecule has 2 aromatic rings. The monoisotopic (exact) mass is 414 g/mol. The molecule has 1 heterocycles. The fraction of sp³-hybridized carbons (Fsp3) is 0.458. The Bertz CT molecular complexity index is 836. The Hall–Kier alpha value is -2.04. The maximum atomic E-state index is 13.4. The van der Waals surface area contributed by atoms with Gasteiger partial charge in [0.2, 0.25) is 5.91 Å². The topological polar surface area (TPSA) is 52.6 Å². The van der Waals surface area contributed by atoms with E-state index < -0.39 is 11.0 Å². The van der Waals surface area contributed by atoms with E-state index >= 15 is 0 Å². The van der Waals surface area contributed by atoms with Gasteiger partial charge in [0.25, 0.3) is 0 Å². The Morgan fingerprint density at radius 3 is 2.28 bits per heavy atom. The minimum absolute atomic E-state index is 0.0788. The van der Waals surface area contributed by atoms with Crippen molar-refractivity contribution in [3.05, 3.63) is 65.2 Å². The van der Waals surface area contributed by atoms with E-state index in [1.807, 2.05) is 61.2 Å². The normalized spacial score (nSPS) is 22.4. The third kappa shape index (κ3) is 4.44. The van der Waals surface area contributed by atoms with Gasteiger partial charge in [0.1, 0.15) is 6.04 Å². The van der Waals surface area contributed by atoms with Crippen molar-refractivity contribution in [2.75, 3.05) is 18.4 Å². The Morgan fingerprint density at radius 2 is 1.72 bits per heavy atom. The lowest BCUT2D eigenvalue weighted by Crippen LogP contribution is -2.59. The summed E-state index contributed by atoms with van der Waals surface area (Å²) in [7, 11) is 0. The molecule has 2 atom stereocenters. The van der Waals surface area contributed by atoms with Crippen LogP contribution in [0.1, 0.15) is 39.7 Å². The molecular weight excluding hydrogens is 384 g/mol. The van der Waals surface area contributed by atoms with E-state index in [1.165, 1.54) is 0 Å². The van der Waals surface area contributed by atoms with Crippen LogP contribution in [0, 0.1) is 11.3 Å². The zero-order valence-corrected chi connectivity index (χ0v) is 18.4. The van der Waals surface area contributed by atoms with Crippen LogP contribution in [0.15, 0.2) is 54.6 Å². The molecule has 0 radical (unpaired) electrons. The molecule has 1 aliphatic heterocycles. The number of hydrogen-bond acceptors (Lipinski definition) is 3. The van der Waals surface area contributed by atoms with Crippen LogP contribution in [-0.2, 0) is 10.4 Å². The van der Waals surface area contributed by atoms with Crippen LogP contribution in [-0.4, -0.2) is 35.0 Å². The number of hydrogen-bond donors (Lipinski definition) is 2. The summed E-state index contributed by atoms with van der Waals surface area (Å²) in [6, 6.07) is 16.9. The van der Waals surface area contributed by atoms with E-state index in [0.29, 0.717) is 24.5 Å². The molecule has 0 saturated carbocycles. The molecule has 156 valence electrons. The zero-order valence-electron chi connectivity index (χ0n) is 17.7. The number of benzene rings is 2. The third-order valence-corrected chi connectivity index (χ3v) is 6.36. The lowest BCUT2D eigenvalue weighted by molar-refractivity contribution is -0.154. The fourth-order valence-electron chi connectivity index (χ4n) is 4.20. The van der Waals surface area contributed by atoms with E-state index in [9.17, 15) is 9.90 Å². The maximum Gasteiger partial charge on any atom is 0.245 e. The van der Waals surface area contributed by atoms with E-state index in [-0.39, 0.29) is 17.9 Å². The molecule has 1 unspecified atom stereocenters. The molecule has 1 aliphatic rings. The number of piperidine rings is 1. The summed E-state index contributed by atoms with van der Waals surface area (Å²) in [4.78, 5) is 15.3. The van der Waals surface area contributed by atoms with Crippen molar-refractivity contribution < 1.29 is 9.90 Å². The van der Waals surface area contributed by atoms with Crippen molar-refractivity contribution in [3.63, 3.8) is 0 Å². The van der Waals surface area contributed by atoms with Crippen LogP contribution in [0.2, 0.25) is 5.02 Å². The number of carbonyl (C=O) groups excluding carboxylic acids is 1. The molecule has 0 aliphatic carbocycles. The first-order chi connectivity index (χ1) is 13.6. The Morgan fingerprint density at radius 1 is 1.10 bits per heavy atom. The van der Waals surface area contributed by atoms with Gasteiger partial charge < -0.3 is 15.3 Å². The highest BCUT2D eigenvalue weighted by Gasteiger charge is 2.50. The highest BCUT2D eigenvalue weighted by Crippen LogP contribution is 2.46. The number of para-hydroxylation sites is 1. The quantitative estimate of drug-likeness (QED) is 0.729. The average Bonchev–Trinajstić information content (AvgIpc) is 2.68. The summed E-state index contributed by atoms with van der Waals surface area (Å²) < 4.78 is 0. The molecule has 0 aromatic heterocycles. The first kappa shape index (κ1) is 21.7. The highest BCUT2D eigenvalue weighted by molar-refractivity contribution is 6.30. The Kier molecular flexibility index (Phi) is 6.25. The van der Waals surface area contributed by atoms with Gasteiger partial charge in [-0.1, -0.05) is 69.6 Å². The lowest BCUT2D eigenvalue weighted by atomic mass is 9.66. The van der Waals surface area contributed by atoms with Gasteiger partial charge in [-0.2, -0.15) is 0 Å². The number of aliphatic hydroxyl groups is 1. The number of nitrogens with one attached hydrogen (secondary N) is 1. The van der Waals surface area contributed by atoms with Gasteiger partial charge in [-0.15, -0.1) is 0 Å². The van der Waals surface area contributed by atoms with Gasteiger partial charge in [0.15, 0.2) is 0 Å². The summed E-state index contributed by atoms with van der Waals surface area (Å²) in [5.74, 6) is 0.220. The number of likely N-dealkylation sites (tertiary alicyclic amines) is 1. The van der Waals surface area contributed by atoms with E-state index in [1.54, 1.807) is 12.1 Å². The van der Waals surface area contributed by atoms with Gasteiger partial charge >= 0.3 is 0 Å². The largest absolute Gasteiger partial charge is 0.384 e. The van der Waals surface area contributed by atoms with Crippen molar-refractivity contribution in [3.8, 4) is 0 Å². The number of halogens is 1. The van der Waals surface area contributed by atoms with E-state index in [0.717, 1.165) is 11.3 Å². The second-order valence-electron chi connectivity index (χ2n) is 8.99. The van der Waals surface area contributed by atoms with Gasteiger partial charge in [-0.05, 0) is 42.2 Å². The molecule has 1 saturated heterocycles. The minimum Gasteiger partial charge on any atom is -0.384 e. The van der Waals surface area contributed by atoms with Crippen molar-refractivity contribution in [1.82, 2.24) is 4.90 Å². The second kappa shape index (κ2) is 8.37. The summed E-state index contributed by atoms with van der Waals surface area (Å²) in [5, 5.41) is 15.6. The molecule has 0 bridgehead atoms. The first-order valence-electron chi connectivity index (χ1n) is 10.2. The number of nitrogens with zero attached hydrogens (tertiary/aromatic N) is 1. The number of amides is 1. The number of anilines is 1. The van der Waals surface area contributed by atoms with Crippen molar-refractivity contribution in [1.29, 1.82) is 0 Å². The molecule has 4 nitrogen and oxygen atoms in total. The summed E-state index contributed by atoms with van der Waals surface area (Å²) in [5.41, 5.74) is 0.285. The second-order valence-corrected chi connectivity index (χ2v) is 9.43. The summed E-state index contributed by atoms with van der Waals surface area (Å²) in [6.45, 7) is 9.16. The maximum absolute atomic E-state index is 13.4. The smallest absolute Gasteiger partial charge is 0.245 e. The van der Waals surface area contributed by atoms with Crippen LogP contribution < -0.4 is 5.32 Å². The molecule has 3 rings (SSSR count). The summed E-state index contributed by atoms with van der Waals surface area (Å²) in [6.07, 6.45) is 0.490. The Balaban J connectivity index is 1.78. The van der Waals surface area contributed by atoms with Crippen molar-refractivity contribution in [2.24, 2.45) is 11.3 Å². The van der Waals surface area contributed by atoms with Crippen LogP contribution >= 0.6 is 11.6 Å². The fourth-order valence-corrected chi connectivity index (χ4v) is 4.32. The standard InChI is InChI=1S/C24H31ClN2O2/c1-17(2)21(26-20-8-6-5-7-9-20)22(28)27-15-14-24(29,23(3,4)16-27)18-10-12-19(25)13-11-18/h5-13,17,21,26,29H,14-16H2,1-4H3/t21-,24?/m1/s1. The molecule has 0 spiro atoms. The van der Waals surface area contributed by atoms with E-state index in [2.05, 4.69) is 19.2 Å². The molecular formula is C24H31ClN2O2. The van der Waals surface area contributed by atoms with Gasteiger partial charge in [-0.25, -0.2) is 0 Å². The van der Waals surface area contributed by atoms with E-state index in [4.69, 9.17) is 11.6 Å². The average molecular weight is 415 g/mol. The molecule has 1 amide bonds. The van der Waals surface area contributed by atoms with Crippen LogP contribution in [0.4, 0.5) is 5.69 Å². The predicted octanol–water partition coefficient (Wildman–Crippen LogP) is 4.92.